The minimum absolute atomic E-state index is 0.0233. The zero-order valence-corrected chi connectivity index (χ0v) is 32.5. The number of carbonyl (C=O) groups excluding carboxylic acids is 6. The number of primary amides is 1. The Bertz CT molecular complexity index is 1740. The van der Waals surface area contributed by atoms with Crippen molar-refractivity contribution < 1.29 is 28.8 Å². The summed E-state index contributed by atoms with van der Waals surface area (Å²) in [5.74, 6) is -4.11. The third kappa shape index (κ3) is 13.8. The zero-order valence-electron chi connectivity index (χ0n) is 32.5. The zero-order chi connectivity index (χ0) is 40.7. The molecule has 6 atom stereocenters. The highest BCUT2D eigenvalue weighted by Crippen LogP contribution is 2.20. The number of aromatic nitrogens is 1. The molecule has 0 spiro atoms. The van der Waals surface area contributed by atoms with Gasteiger partial charge in [-0.05, 0) is 61.8 Å². The maximum absolute atomic E-state index is 14.2. The normalized spacial score (nSPS) is 14.6. The van der Waals surface area contributed by atoms with Crippen LogP contribution in [-0.2, 0) is 41.6 Å². The van der Waals surface area contributed by atoms with Gasteiger partial charge >= 0.3 is 0 Å². The van der Waals surface area contributed by atoms with E-state index in [1.54, 1.807) is 44.3 Å². The first kappa shape index (κ1) is 44.1. The molecule has 55 heavy (non-hydrogen) atoms. The topological polar surface area (TPSA) is 256 Å². The lowest BCUT2D eigenvalue weighted by Crippen LogP contribution is -2.61. The summed E-state index contributed by atoms with van der Waals surface area (Å²) in [7, 11) is 0. The lowest BCUT2D eigenvalue weighted by molar-refractivity contribution is -0.135. The van der Waals surface area contributed by atoms with Crippen molar-refractivity contribution in [2.24, 2.45) is 29.0 Å². The van der Waals surface area contributed by atoms with Crippen molar-refractivity contribution in [1.29, 1.82) is 0 Å². The molecule has 15 nitrogen and oxygen atoms in total. The number of hydrogen-bond acceptors (Lipinski definition) is 8. The average Bonchev–Trinajstić information content (AvgIpc) is 3.55. The second kappa shape index (κ2) is 21.6. The van der Waals surface area contributed by atoms with E-state index in [-0.39, 0.29) is 18.8 Å². The van der Waals surface area contributed by atoms with Gasteiger partial charge < -0.3 is 48.8 Å². The predicted molar refractivity (Wildman–Crippen MR) is 212 cm³/mol. The number of fused-ring (bicyclic) bond motifs is 1. The summed E-state index contributed by atoms with van der Waals surface area (Å²) in [6.07, 6.45) is 3.96. The molecule has 0 unspecified atom stereocenters. The van der Waals surface area contributed by atoms with Crippen LogP contribution >= 0.6 is 0 Å². The van der Waals surface area contributed by atoms with Crippen molar-refractivity contribution in [3.63, 3.8) is 0 Å². The molecule has 300 valence electrons. The number of carbonyl (C=O) groups is 6. The Kier molecular flexibility index (Phi) is 17.3. The number of H-pyrrole nitrogens is 1. The smallest absolute Gasteiger partial charge is 0.243 e. The van der Waals surface area contributed by atoms with E-state index in [9.17, 15) is 28.8 Å². The first-order valence-corrected chi connectivity index (χ1v) is 19.0. The second-order valence-corrected chi connectivity index (χ2v) is 14.8. The number of amides is 6. The van der Waals surface area contributed by atoms with Gasteiger partial charge in [0.25, 0.3) is 0 Å². The molecular weight excluding hydrogens is 702 g/mol. The molecule has 15 heteroatoms. The molecule has 0 aliphatic heterocycles. The second-order valence-electron chi connectivity index (χ2n) is 14.8. The van der Waals surface area contributed by atoms with Gasteiger partial charge in [0.05, 0.1) is 6.04 Å². The van der Waals surface area contributed by atoms with Crippen LogP contribution in [0.1, 0.15) is 71.4 Å². The number of para-hydroxylation sites is 1. The fourth-order valence-electron chi connectivity index (χ4n) is 6.12. The fraction of sp³-hybridized carbons (Fsp3) is 0.500. The van der Waals surface area contributed by atoms with Crippen molar-refractivity contribution in [1.82, 2.24) is 31.6 Å². The molecule has 0 aliphatic rings. The summed E-state index contributed by atoms with van der Waals surface area (Å²) in [5.41, 5.74) is 19.4. The lowest BCUT2D eigenvalue weighted by Gasteiger charge is -2.29. The van der Waals surface area contributed by atoms with Crippen molar-refractivity contribution >= 4 is 46.3 Å². The molecule has 12 N–H and O–H groups in total. The van der Waals surface area contributed by atoms with Crippen LogP contribution in [0.25, 0.3) is 10.9 Å². The Morgan fingerprint density at radius 2 is 1.25 bits per heavy atom. The van der Waals surface area contributed by atoms with Gasteiger partial charge in [0.2, 0.25) is 35.4 Å². The highest BCUT2D eigenvalue weighted by Gasteiger charge is 2.34. The number of benzene rings is 2. The highest BCUT2D eigenvalue weighted by molar-refractivity contribution is 5.97. The van der Waals surface area contributed by atoms with E-state index in [4.69, 9.17) is 17.2 Å². The maximum atomic E-state index is 14.2. The van der Waals surface area contributed by atoms with Gasteiger partial charge in [-0.1, -0.05) is 82.6 Å². The Balaban J connectivity index is 1.87. The van der Waals surface area contributed by atoms with Crippen LogP contribution in [-0.4, -0.2) is 83.2 Å². The van der Waals surface area contributed by atoms with Gasteiger partial charge in [-0.3, -0.25) is 28.8 Å². The van der Waals surface area contributed by atoms with E-state index in [0.717, 1.165) is 28.5 Å². The van der Waals surface area contributed by atoms with Crippen molar-refractivity contribution in [3.8, 4) is 0 Å². The molecule has 1 aromatic heterocycles. The summed E-state index contributed by atoms with van der Waals surface area (Å²) in [6.45, 7) is 9.25. The summed E-state index contributed by atoms with van der Waals surface area (Å²) >= 11 is 0. The Morgan fingerprint density at radius 1 is 0.673 bits per heavy atom. The first-order valence-electron chi connectivity index (χ1n) is 19.0. The minimum Gasteiger partial charge on any atom is -0.368 e. The first-order chi connectivity index (χ1) is 26.1. The molecule has 0 fully saturated rings. The fourth-order valence-corrected chi connectivity index (χ4v) is 6.12. The Labute approximate surface area is 323 Å². The average molecular weight is 762 g/mol. The summed E-state index contributed by atoms with van der Waals surface area (Å²) in [6, 6.07) is 10.3. The van der Waals surface area contributed by atoms with Crippen LogP contribution in [0.2, 0.25) is 0 Å². The number of rotatable bonds is 22. The maximum Gasteiger partial charge on any atom is 0.243 e. The molecule has 0 saturated carbocycles. The van der Waals surface area contributed by atoms with Gasteiger partial charge in [-0.2, -0.15) is 0 Å². The van der Waals surface area contributed by atoms with E-state index in [1.807, 2.05) is 44.2 Å². The van der Waals surface area contributed by atoms with Crippen LogP contribution in [0.3, 0.4) is 0 Å². The predicted octanol–water partition coefficient (Wildman–Crippen LogP) is 1.04. The molecule has 0 saturated heterocycles. The highest BCUT2D eigenvalue weighted by atomic mass is 16.2. The van der Waals surface area contributed by atoms with Crippen LogP contribution in [0.15, 0.2) is 60.8 Å². The van der Waals surface area contributed by atoms with Crippen LogP contribution < -0.4 is 43.8 Å². The number of nitrogens with one attached hydrogen (secondary N) is 6. The monoisotopic (exact) mass is 761 g/mol. The quantitative estimate of drug-likeness (QED) is 0.0667. The molecule has 1 heterocycles. The largest absolute Gasteiger partial charge is 0.368 e. The van der Waals surface area contributed by atoms with Crippen LogP contribution in [0.4, 0.5) is 0 Å². The number of unbranched alkanes of at least 4 members (excludes halogenated alkanes) is 1. The third-order valence-corrected chi connectivity index (χ3v) is 9.33. The van der Waals surface area contributed by atoms with E-state index in [1.165, 1.54) is 6.92 Å². The summed E-state index contributed by atoms with van der Waals surface area (Å²) in [5, 5.41) is 14.6. The van der Waals surface area contributed by atoms with E-state index >= 15 is 0 Å². The lowest BCUT2D eigenvalue weighted by atomic mass is 9.98. The molecule has 3 aromatic rings. The standard InChI is InChI=1S/C40H59N9O6/c1-23(2)19-31(46-36(51)29(42)16-11-12-18-41)39(54)49-34(24(3)4)40(55)48-32(20-26-13-7-6-8-14-26)38(53)47-33(37(52)45-25(5)35(43)50)21-27-22-44-30-17-10-9-15-28(27)30/h6-10,13-15,17,22-25,29,31-34,44H,11-12,16,18-21,41-42H2,1-5H3,(H2,43,50)(H,45,52)(H,46,51)(H,47,53)(H,48,55)(H,49,54)/t25-,29-,31-,32-,33-,34-/m1/s1. The van der Waals surface area contributed by atoms with Crippen molar-refractivity contribution in [2.75, 3.05) is 6.54 Å². The summed E-state index contributed by atoms with van der Waals surface area (Å²) in [4.78, 5) is 83.4. The molecule has 0 aliphatic carbocycles. The molecular formula is C40H59N9O6. The number of hydrogen-bond donors (Lipinski definition) is 9. The SMILES string of the molecule is CC(C)C[C@@H](NC(=O)[C@H](N)CCCCN)C(=O)N[C@@H](C(=O)N[C@H](Cc1ccccc1)C(=O)N[C@H](Cc1c[nH]c2ccccc12)C(=O)N[C@H](C)C(N)=O)C(C)C. The van der Waals surface area contributed by atoms with E-state index in [2.05, 4.69) is 31.6 Å². The molecule has 3 rings (SSSR count). The van der Waals surface area contributed by atoms with Gasteiger partial charge in [-0.25, -0.2) is 0 Å². The third-order valence-electron chi connectivity index (χ3n) is 9.33. The van der Waals surface area contributed by atoms with Crippen LogP contribution in [0, 0.1) is 11.8 Å². The number of nitrogens with two attached hydrogens (primary N) is 3. The van der Waals surface area contributed by atoms with Gasteiger partial charge in [-0.15, -0.1) is 0 Å². The van der Waals surface area contributed by atoms with Crippen molar-refractivity contribution in [2.45, 2.75) is 109 Å². The number of aromatic amines is 1. The van der Waals surface area contributed by atoms with Crippen molar-refractivity contribution in [3.05, 3.63) is 71.9 Å². The molecule has 0 radical (unpaired) electrons. The van der Waals surface area contributed by atoms with E-state index < -0.39 is 77.6 Å². The van der Waals surface area contributed by atoms with Gasteiger partial charge in [0, 0.05) is 29.9 Å². The van der Waals surface area contributed by atoms with Crippen LogP contribution in [0.5, 0.6) is 0 Å². The van der Waals surface area contributed by atoms with Gasteiger partial charge in [0.1, 0.15) is 30.2 Å². The van der Waals surface area contributed by atoms with E-state index in [0.29, 0.717) is 25.8 Å². The minimum atomic E-state index is -1.18. The summed E-state index contributed by atoms with van der Waals surface area (Å²) < 4.78 is 0. The molecule has 0 bridgehead atoms. The Hall–Kier alpha value is -5.28. The molecule has 2 aromatic carbocycles. The molecule has 6 amide bonds. The van der Waals surface area contributed by atoms with Gasteiger partial charge in [0.15, 0.2) is 0 Å². The Morgan fingerprint density at radius 3 is 1.89 bits per heavy atom.